The van der Waals surface area contributed by atoms with Gasteiger partial charge in [-0.1, -0.05) is 11.6 Å². The molecule has 0 saturated carbocycles. The van der Waals surface area contributed by atoms with Crippen LogP contribution in [0.5, 0.6) is 5.75 Å². The Kier molecular flexibility index (Phi) is 6.81. The molecule has 1 amide bonds. The second-order valence-electron chi connectivity index (χ2n) is 4.92. The van der Waals surface area contributed by atoms with Crippen molar-refractivity contribution in [1.82, 2.24) is 5.32 Å². The first-order valence-electron chi connectivity index (χ1n) is 7.41. The number of benzene rings is 2. The maximum absolute atomic E-state index is 11.8. The van der Waals surface area contributed by atoms with E-state index in [4.69, 9.17) is 26.3 Å². The van der Waals surface area contributed by atoms with Crippen molar-refractivity contribution >= 4 is 23.5 Å². The predicted octanol–water partition coefficient (Wildman–Crippen LogP) is 2.56. The molecule has 0 heterocycles. The lowest BCUT2D eigenvalue weighted by Crippen LogP contribution is -2.32. The van der Waals surface area contributed by atoms with Crippen molar-refractivity contribution in [3.63, 3.8) is 0 Å². The van der Waals surface area contributed by atoms with E-state index in [-0.39, 0.29) is 25.3 Å². The molecule has 7 heteroatoms. The fourth-order valence-electron chi connectivity index (χ4n) is 1.84. The second-order valence-corrected chi connectivity index (χ2v) is 5.35. The van der Waals surface area contributed by atoms with Gasteiger partial charge in [-0.25, -0.2) is 4.79 Å². The molecule has 2 aromatic carbocycles. The van der Waals surface area contributed by atoms with Crippen LogP contribution in [-0.2, 0) is 9.53 Å². The largest absolute Gasteiger partial charge is 0.492 e. The molecule has 0 spiro atoms. The summed E-state index contributed by atoms with van der Waals surface area (Å²) in [5.74, 6) is -0.412. The van der Waals surface area contributed by atoms with Gasteiger partial charge in [0.05, 0.1) is 23.7 Å². The standard InChI is InChI=1S/C18H15ClN2O4/c19-15-5-7-16(8-6-15)24-10-9-21-17(22)12-25-18(23)14-3-1-13(11-20)2-4-14/h1-8H,9-10,12H2,(H,21,22). The van der Waals surface area contributed by atoms with Crippen LogP contribution in [0.4, 0.5) is 0 Å². The van der Waals surface area contributed by atoms with Crippen molar-refractivity contribution < 1.29 is 19.1 Å². The molecule has 2 aromatic rings. The molecule has 0 fully saturated rings. The van der Waals surface area contributed by atoms with Gasteiger partial charge in [0.2, 0.25) is 0 Å². The summed E-state index contributed by atoms with van der Waals surface area (Å²) in [6.07, 6.45) is 0. The number of amides is 1. The van der Waals surface area contributed by atoms with E-state index >= 15 is 0 Å². The van der Waals surface area contributed by atoms with E-state index in [1.807, 2.05) is 6.07 Å². The van der Waals surface area contributed by atoms with E-state index in [9.17, 15) is 9.59 Å². The Labute approximate surface area is 149 Å². The van der Waals surface area contributed by atoms with Gasteiger partial charge in [-0.2, -0.15) is 5.26 Å². The Morgan fingerprint density at radius 3 is 2.40 bits per heavy atom. The lowest BCUT2D eigenvalue weighted by atomic mass is 10.1. The number of hydrogen-bond donors (Lipinski definition) is 1. The van der Waals surface area contributed by atoms with E-state index in [0.29, 0.717) is 16.3 Å². The Morgan fingerprint density at radius 1 is 1.08 bits per heavy atom. The fourth-order valence-corrected chi connectivity index (χ4v) is 1.96. The molecule has 0 bridgehead atoms. The third-order valence-corrected chi connectivity index (χ3v) is 3.34. The topological polar surface area (TPSA) is 88.4 Å². The number of nitriles is 1. The maximum atomic E-state index is 11.8. The van der Waals surface area contributed by atoms with E-state index < -0.39 is 11.9 Å². The molecule has 0 aliphatic rings. The summed E-state index contributed by atoms with van der Waals surface area (Å²) in [7, 11) is 0. The molecule has 0 saturated heterocycles. The van der Waals surface area contributed by atoms with Crippen molar-refractivity contribution in [2.24, 2.45) is 0 Å². The predicted molar refractivity (Wildman–Crippen MR) is 91.4 cm³/mol. The Hall–Kier alpha value is -3.04. The van der Waals surface area contributed by atoms with Crippen LogP contribution >= 0.6 is 11.6 Å². The van der Waals surface area contributed by atoms with Gasteiger partial charge in [0.15, 0.2) is 6.61 Å². The third kappa shape index (κ3) is 6.16. The van der Waals surface area contributed by atoms with Crippen LogP contribution in [0.3, 0.4) is 0 Å². The van der Waals surface area contributed by atoms with Crippen molar-refractivity contribution in [1.29, 1.82) is 5.26 Å². The van der Waals surface area contributed by atoms with Crippen molar-refractivity contribution in [3.05, 3.63) is 64.7 Å². The lowest BCUT2D eigenvalue weighted by molar-refractivity contribution is -0.124. The Morgan fingerprint density at radius 2 is 1.76 bits per heavy atom. The number of rotatable bonds is 7. The Balaban J connectivity index is 1.65. The van der Waals surface area contributed by atoms with Crippen LogP contribution in [0.1, 0.15) is 15.9 Å². The molecule has 0 unspecified atom stereocenters. The van der Waals surface area contributed by atoms with Crippen molar-refractivity contribution in [3.8, 4) is 11.8 Å². The molecule has 0 aliphatic heterocycles. The highest BCUT2D eigenvalue weighted by molar-refractivity contribution is 6.30. The number of halogens is 1. The average molecular weight is 359 g/mol. The summed E-state index contributed by atoms with van der Waals surface area (Å²) in [6.45, 7) is 0.159. The zero-order chi connectivity index (χ0) is 18.1. The average Bonchev–Trinajstić information content (AvgIpc) is 2.64. The molecular formula is C18H15ClN2O4. The van der Waals surface area contributed by atoms with Crippen molar-refractivity contribution in [2.75, 3.05) is 19.8 Å². The number of hydrogen-bond acceptors (Lipinski definition) is 5. The van der Waals surface area contributed by atoms with E-state index in [1.54, 1.807) is 24.3 Å². The number of nitrogens with zero attached hydrogens (tertiary/aromatic N) is 1. The van der Waals surface area contributed by atoms with E-state index in [1.165, 1.54) is 24.3 Å². The number of esters is 1. The minimum Gasteiger partial charge on any atom is -0.492 e. The summed E-state index contributed by atoms with van der Waals surface area (Å²) in [5.41, 5.74) is 0.716. The third-order valence-electron chi connectivity index (χ3n) is 3.09. The zero-order valence-corrected chi connectivity index (χ0v) is 14.0. The number of ether oxygens (including phenoxy) is 2. The molecule has 0 aliphatic carbocycles. The van der Waals surface area contributed by atoms with E-state index in [0.717, 1.165) is 0 Å². The van der Waals surface area contributed by atoms with Crippen LogP contribution in [0.2, 0.25) is 5.02 Å². The van der Waals surface area contributed by atoms with Crippen LogP contribution in [0, 0.1) is 11.3 Å². The number of carbonyl (C=O) groups is 2. The van der Waals surface area contributed by atoms with Gasteiger partial charge in [0, 0.05) is 5.02 Å². The maximum Gasteiger partial charge on any atom is 0.338 e. The first kappa shape index (κ1) is 18.3. The van der Waals surface area contributed by atoms with Crippen LogP contribution in [0.15, 0.2) is 48.5 Å². The molecule has 128 valence electrons. The highest BCUT2D eigenvalue weighted by Gasteiger charge is 2.10. The fraction of sp³-hybridized carbons (Fsp3) is 0.167. The first-order valence-corrected chi connectivity index (χ1v) is 7.78. The minimum atomic E-state index is -0.628. The van der Waals surface area contributed by atoms with Gasteiger partial charge < -0.3 is 14.8 Å². The summed E-state index contributed by atoms with van der Waals surface area (Å²) < 4.78 is 10.3. The van der Waals surface area contributed by atoms with Gasteiger partial charge in [0.1, 0.15) is 12.4 Å². The van der Waals surface area contributed by atoms with Crippen LogP contribution in [0.25, 0.3) is 0 Å². The molecule has 6 nitrogen and oxygen atoms in total. The SMILES string of the molecule is N#Cc1ccc(C(=O)OCC(=O)NCCOc2ccc(Cl)cc2)cc1. The second kappa shape index (κ2) is 9.30. The number of carbonyl (C=O) groups excluding carboxylic acids is 2. The van der Waals surface area contributed by atoms with Crippen LogP contribution in [-0.4, -0.2) is 31.6 Å². The Bertz CT molecular complexity index is 767. The summed E-state index contributed by atoms with van der Waals surface area (Å²) >= 11 is 5.77. The normalized spacial score (nSPS) is 9.76. The molecule has 0 aromatic heterocycles. The van der Waals surface area contributed by atoms with Gasteiger partial charge in [-0.3, -0.25) is 4.79 Å². The highest BCUT2D eigenvalue weighted by atomic mass is 35.5. The smallest absolute Gasteiger partial charge is 0.338 e. The first-order chi connectivity index (χ1) is 12.1. The zero-order valence-electron chi connectivity index (χ0n) is 13.2. The van der Waals surface area contributed by atoms with Gasteiger partial charge in [0.25, 0.3) is 5.91 Å². The molecule has 0 atom stereocenters. The molecule has 25 heavy (non-hydrogen) atoms. The van der Waals surface area contributed by atoms with Gasteiger partial charge in [-0.05, 0) is 48.5 Å². The molecule has 0 radical (unpaired) electrons. The monoisotopic (exact) mass is 358 g/mol. The summed E-state index contributed by atoms with van der Waals surface area (Å²) in [4.78, 5) is 23.4. The highest BCUT2D eigenvalue weighted by Crippen LogP contribution is 2.15. The summed E-state index contributed by atoms with van der Waals surface area (Å²) in [6, 6.07) is 14.8. The van der Waals surface area contributed by atoms with Gasteiger partial charge in [-0.15, -0.1) is 0 Å². The van der Waals surface area contributed by atoms with E-state index in [2.05, 4.69) is 5.32 Å². The number of nitrogens with one attached hydrogen (secondary N) is 1. The molecular weight excluding hydrogens is 344 g/mol. The molecule has 2 rings (SSSR count). The summed E-state index contributed by atoms with van der Waals surface area (Å²) in [5, 5.41) is 11.9. The van der Waals surface area contributed by atoms with Crippen molar-refractivity contribution in [2.45, 2.75) is 0 Å². The molecule has 1 N–H and O–H groups in total. The lowest BCUT2D eigenvalue weighted by Gasteiger charge is -2.08. The quantitative estimate of drug-likeness (QED) is 0.607. The van der Waals surface area contributed by atoms with Gasteiger partial charge >= 0.3 is 5.97 Å². The minimum absolute atomic E-state index is 0.274. The van der Waals surface area contributed by atoms with Crippen LogP contribution < -0.4 is 10.1 Å².